The van der Waals surface area contributed by atoms with Gasteiger partial charge in [0.25, 0.3) is 5.91 Å². The number of nitrogens with one attached hydrogen (secondary N) is 1. The van der Waals surface area contributed by atoms with E-state index in [1.54, 1.807) is 12.1 Å². The third-order valence-corrected chi connectivity index (χ3v) is 6.79. The first-order valence-electron chi connectivity index (χ1n) is 10.3. The second-order valence-electron chi connectivity index (χ2n) is 7.39. The Bertz CT molecular complexity index is 1250. The maximum atomic E-state index is 13.4. The molecule has 0 aliphatic heterocycles. The number of ether oxygens (including phenoxy) is 1. The van der Waals surface area contributed by atoms with Gasteiger partial charge in [-0.1, -0.05) is 66.7 Å². The molecule has 0 bridgehead atoms. The fourth-order valence-corrected chi connectivity index (χ4v) is 4.94. The lowest BCUT2D eigenvalue weighted by molar-refractivity contribution is -0.142. The number of carbonyl (C=O) groups is 2. The molecule has 0 aromatic heterocycles. The zero-order valence-corrected chi connectivity index (χ0v) is 18.4. The van der Waals surface area contributed by atoms with E-state index in [0.29, 0.717) is 10.5 Å². The Kier molecular flexibility index (Phi) is 6.61. The molecule has 5 nitrogen and oxygen atoms in total. The zero-order chi connectivity index (χ0) is 22.5. The highest BCUT2D eigenvalue weighted by molar-refractivity contribution is 7.85. The minimum absolute atomic E-state index is 0.197. The van der Waals surface area contributed by atoms with E-state index in [9.17, 15) is 13.8 Å². The molecule has 0 heterocycles. The van der Waals surface area contributed by atoms with Crippen molar-refractivity contribution in [3.63, 3.8) is 0 Å². The van der Waals surface area contributed by atoms with Gasteiger partial charge in [-0.15, -0.1) is 0 Å². The summed E-state index contributed by atoms with van der Waals surface area (Å²) in [5.74, 6) is -0.702. The Labute approximate surface area is 188 Å². The van der Waals surface area contributed by atoms with E-state index in [4.69, 9.17) is 4.74 Å². The van der Waals surface area contributed by atoms with Crippen LogP contribution in [0.25, 0.3) is 21.5 Å². The van der Waals surface area contributed by atoms with Gasteiger partial charge in [0.15, 0.2) is 0 Å². The molecule has 0 spiro atoms. The van der Waals surface area contributed by atoms with Crippen molar-refractivity contribution in [2.75, 3.05) is 12.9 Å². The predicted octanol–water partition coefficient (Wildman–Crippen LogP) is 4.46. The molecule has 1 amide bonds. The minimum atomic E-state index is -1.29. The van der Waals surface area contributed by atoms with Crippen LogP contribution in [0.4, 0.5) is 0 Å². The van der Waals surface area contributed by atoms with Crippen LogP contribution in [-0.4, -0.2) is 35.0 Å². The molecule has 4 aromatic rings. The maximum Gasteiger partial charge on any atom is 0.328 e. The van der Waals surface area contributed by atoms with E-state index in [0.717, 1.165) is 21.5 Å². The molecule has 0 aliphatic rings. The standard InChI is InChI=1S/C26H23NO4S/c1-31-26(29)23(15-16-32(30)20-11-3-2-4-12-20)27-25(28)24-21-13-7-5-9-18(21)17-19-10-6-8-14-22(19)24/h2-14,17,23H,15-16H2,1H3,(H,27,28)/t23-,32+/m1/s1. The smallest absolute Gasteiger partial charge is 0.328 e. The third-order valence-electron chi connectivity index (χ3n) is 5.39. The summed E-state index contributed by atoms with van der Waals surface area (Å²) >= 11 is 0. The van der Waals surface area contributed by atoms with Crippen LogP contribution in [-0.2, 0) is 20.3 Å². The Morgan fingerprint density at radius 1 is 0.875 bits per heavy atom. The molecule has 0 radical (unpaired) electrons. The number of esters is 1. The lowest BCUT2D eigenvalue weighted by Gasteiger charge is -2.18. The lowest BCUT2D eigenvalue weighted by Crippen LogP contribution is -2.42. The summed E-state index contributed by atoms with van der Waals surface area (Å²) in [6, 6.07) is 25.5. The van der Waals surface area contributed by atoms with Gasteiger partial charge in [0.2, 0.25) is 0 Å². The van der Waals surface area contributed by atoms with E-state index in [1.807, 2.05) is 72.8 Å². The number of carbonyl (C=O) groups excluding carboxylic acids is 2. The number of methoxy groups -OCH3 is 1. The first-order chi connectivity index (χ1) is 15.6. The minimum Gasteiger partial charge on any atom is -0.467 e. The van der Waals surface area contributed by atoms with Gasteiger partial charge in [0.05, 0.1) is 23.5 Å². The van der Waals surface area contributed by atoms with Gasteiger partial charge in [-0.25, -0.2) is 4.79 Å². The summed E-state index contributed by atoms with van der Waals surface area (Å²) < 4.78 is 17.5. The quantitative estimate of drug-likeness (QED) is 0.337. The molecular formula is C26H23NO4S. The number of rotatable bonds is 7. The lowest BCUT2D eigenvalue weighted by atomic mass is 9.96. The molecular weight excluding hydrogens is 422 g/mol. The van der Waals surface area contributed by atoms with Gasteiger partial charge in [-0.2, -0.15) is 0 Å². The van der Waals surface area contributed by atoms with Crippen LogP contribution in [0.1, 0.15) is 16.8 Å². The Morgan fingerprint density at radius 2 is 1.44 bits per heavy atom. The Hall–Kier alpha value is -3.51. The summed E-state index contributed by atoms with van der Waals surface area (Å²) in [4.78, 5) is 26.5. The first-order valence-corrected chi connectivity index (χ1v) is 11.6. The van der Waals surface area contributed by atoms with Crippen LogP contribution in [0.15, 0.2) is 89.8 Å². The van der Waals surface area contributed by atoms with E-state index < -0.39 is 22.8 Å². The fraction of sp³-hybridized carbons (Fsp3) is 0.154. The van der Waals surface area contributed by atoms with Crippen LogP contribution < -0.4 is 5.32 Å². The molecule has 1 N–H and O–H groups in total. The van der Waals surface area contributed by atoms with E-state index in [2.05, 4.69) is 5.32 Å². The van der Waals surface area contributed by atoms with Crippen LogP contribution >= 0.6 is 0 Å². The van der Waals surface area contributed by atoms with Gasteiger partial charge in [-0.05, 0) is 46.2 Å². The molecule has 4 rings (SSSR count). The highest BCUT2D eigenvalue weighted by Crippen LogP contribution is 2.28. The summed E-state index contributed by atoms with van der Waals surface area (Å²) in [5, 5.41) is 6.32. The number of hydrogen-bond acceptors (Lipinski definition) is 4. The average molecular weight is 446 g/mol. The number of hydrogen-bond donors (Lipinski definition) is 1. The molecule has 0 fully saturated rings. The number of amides is 1. The third kappa shape index (κ3) is 4.55. The van der Waals surface area contributed by atoms with Crippen molar-refractivity contribution in [1.29, 1.82) is 0 Å². The van der Waals surface area contributed by atoms with Crippen LogP contribution in [0, 0.1) is 0 Å². The number of fused-ring (bicyclic) bond motifs is 2. The summed E-state index contributed by atoms with van der Waals surface area (Å²) in [5.41, 5.74) is 0.511. The van der Waals surface area contributed by atoms with Crippen LogP contribution in [0.5, 0.6) is 0 Å². The summed E-state index contributed by atoms with van der Waals surface area (Å²) in [6.07, 6.45) is 0.197. The van der Waals surface area contributed by atoms with Crippen molar-refractivity contribution in [1.82, 2.24) is 5.32 Å². The highest BCUT2D eigenvalue weighted by Gasteiger charge is 2.25. The van der Waals surface area contributed by atoms with Crippen molar-refractivity contribution >= 4 is 44.2 Å². The molecule has 0 saturated heterocycles. The topological polar surface area (TPSA) is 72.5 Å². The van der Waals surface area contributed by atoms with Crippen molar-refractivity contribution in [2.45, 2.75) is 17.4 Å². The summed E-state index contributed by atoms with van der Waals surface area (Å²) in [7, 11) is -0.00471. The monoisotopic (exact) mass is 445 g/mol. The average Bonchev–Trinajstić information content (AvgIpc) is 2.84. The van der Waals surface area contributed by atoms with E-state index in [1.165, 1.54) is 7.11 Å². The summed E-state index contributed by atoms with van der Waals surface area (Å²) in [6.45, 7) is 0. The molecule has 6 heteroatoms. The van der Waals surface area contributed by atoms with E-state index in [-0.39, 0.29) is 18.1 Å². The Morgan fingerprint density at radius 3 is 2.03 bits per heavy atom. The van der Waals surface area contributed by atoms with Crippen molar-refractivity contribution in [3.05, 3.63) is 90.5 Å². The van der Waals surface area contributed by atoms with Gasteiger partial charge < -0.3 is 10.1 Å². The van der Waals surface area contributed by atoms with Crippen LogP contribution in [0.2, 0.25) is 0 Å². The molecule has 32 heavy (non-hydrogen) atoms. The zero-order valence-electron chi connectivity index (χ0n) is 17.6. The van der Waals surface area contributed by atoms with Gasteiger partial charge >= 0.3 is 5.97 Å². The van der Waals surface area contributed by atoms with Crippen LogP contribution in [0.3, 0.4) is 0 Å². The predicted molar refractivity (Wildman–Crippen MR) is 127 cm³/mol. The molecule has 0 aliphatic carbocycles. The maximum absolute atomic E-state index is 13.4. The second kappa shape index (κ2) is 9.75. The normalized spacial score (nSPS) is 12.9. The van der Waals surface area contributed by atoms with Gasteiger partial charge in [0.1, 0.15) is 6.04 Å². The molecule has 0 saturated carbocycles. The highest BCUT2D eigenvalue weighted by atomic mass is 32.2. The molecule has 4 aromatic carbocycles. The largest absolute Gasteiger partial charge is 0.467 e. The first kappa shape index (κ1) is 21.7. The second-order valence-corrected chi connectivity index (χ2v) is 8.97. The molecule has 0 unspecified atom stereocenters. The van der Waals surface area contributed by atoms with Crippen molar-refractivity contribution in [3.8, 4) is 0 Å². The SMILES string of the molecule is COC(=O)[C@@H](CC[S@](=O)c1ccccc1)NC(=O)c1c2ccccc2cc2ccccc12. The van der Waals surface area contributed by atoms with Gasteiger partial charge in [-0.3, -0.25) is 9.00 Å². The van der Waals surface area contributed by atoms with E-state index >= 15 is 0 Å². The van der Waals surface area contributed by atoms with Gasteiger partial charge in [0, 0.05) is 10.6 Å². The van der Waals surface area contributed by atoms with Crippen molar-refractivity contribution < 1.29 is 18.5 Å². The van der Waals surface area contributed by atoms with Crippen molar-refractivity contribution in [2.24, 2.45) is 0 Å². The number of benzene rings is 4. The molecule has 162 valence electrons. The fourth-order valence-electron chi connectivity index (χ4n) is 3.79. The molecule has 2 atom stereocenters. The Balaban J connectivity index is 1.63.